The molecule has 280 valence electrons. The summed E-state index contributed by atoms with van der Waals surface area (Å²) < 4.78 is 35.7. The van der Waals surface area contributed by atoms with Crippen LogP contribution in [-0.2, 0) is 33.3 Å². The predicted octanol–water partition coefficient (Wildman–Crippen LogP) is -5.50. The van der Waals surface area contributed by atoms with Crippen molar-refractivity contribution in [2.45, 2.75) is 136 Å². The van der Waals surface area contributed by atoms with Gasteiger partial charge in [-0.15, -0.1) is 10.1 Å². The standard InChI is InChI=1S/C26H42N4O19/c1-6-9(3-8(33)16(36)14(6)34)44-22-19(39)17(37)11(5-32)46-25(22)48-26(23-20(40)18(38)15(35)7(2)43-23)12-10(4-31)45-24(49-30(41)42)13(28-29-27)21(12)47-26/h6-25,31-40H,3-5H2,1-2H3/t6?,7?,8?,9-,10?,11?,12+,13?,14+,15-,16+,17+,18?,19+,20+,21+,22-,23+,24?,25+,26?/m1/s1. The van der Waals surface area contributed by atoms with Crippen LogP contribution in [0.5, 0.6) is 0 Å². The van der Waals surface area contributed by atoms with Gasteiger partial charge >= 0.3 is 0 Å². The average molecular weight is 715 g/mol. The van der Waals surface area contributed by atoms with Gasteiger partial charge in [0.1, 0.15) is 61.0 Å². The third-order valence-electron chi connectivity index (χ3n) is 10.1. The summed E-state index contributed by atoms with van der Waals surface area (Å²) in [5, 5.41) is 119. The summed E-state index contributed by atoms with van der Waals surface area (Å²) in [5.74, 6) is -4.74. The molecule has 4 saturated heterocycles. The molecule has 5 rings (SSSR count). The van der Waals surface area contributed by atoms with E-state index in [1.54, 1.807) is 0 Å². The molecule has 5 fully saturated rings. The molecule has 23 nitrogen and oxygen atoms in total. The lowest BCUT2D eigenvalue weighted by Gasteiger charge is -2.65. The molecule has 10 N–H and O–H groups in total. The van der Waals surface area contributed by atoms with Crippen LogP contribution in [0.25, 0.3) is 10.4 Å². The molecule has 0 amide bonds. The van der Waals surface area contributed by atoms with Crippen molar-refractivity contribution in [2.75, 3.05) is 13.2 Å². The fourth-order valence-electron chi connectivity index (χ4n) is 7.30. The first kappa shape index (κ1) is 38.1. The van der Waals surface area contributed by atoms with Crippen LogP contribution in [0, 0.1) is 22.0 Å². The zero-order valence-electron chi connectivity index (χ0n) is 26.1. The van der Waals surface area contributed by atoms with Crippen LogP contribution >= 0.6 is 0 Å². The Balaban J connectivity index is 1.56. The Morgan fingerprint density at radius 3 is 2.14 bits per heavy atom. The number of hydrogen-bond donors (Lipinski definition) is 10. The van der Waals surface area contributed by atoms with Crippen molar-refractivity contribution < 1.29 is 89.4 Å². The van der Waals surface area contributed by atoms with Crippen LogP contribution in [-0.4, -0.2) is 185 Å². The Labute approximate surface area is 276 Å². The van der Waals surface area contributed by atoms with Crippen molar-refractivity contribution in [3.05, 3.63) is 20.6 Å². The summed E-state index contributed by atoms with van der Waals surface area (Å²) in [4.78, 5) is 18.4. The van der Waals surface area contributed by atoms with Crippen LogP contribution in [0.3, 0.4) is 0 Å². The number of aliphatic hydroxyl groups is 10. The summed E-state index contributed by atoms with van der Waals surface area (Å²) in [6, 6.07) is -1.62. The number of aliphatic hydroxyl groups excluding tert-OH is 10. The highest BCUT2D eigenvalue weighted by molar-refractivity contribution is 5.14. The monoisotopic (exact) mass is 714 g/mol. The van der Waals surface area contributed by atoms with Gasteiger partial charge < -0.3 is 79.5 Å². The molecule has 4 aliphatic heterocycles. The van der Waals surface area contributed by atoms with Crippen LogP contribution in [0.4, 0.5) is 0 Å². The Hall–Kier alpha value is -2.13. The normalized spacial score (nSPS) is 53.1. The van der Waals surface area contributed by atoms with Crippen molar-refractivity contribution in [1.82, 2.24) is 0 Å². The van der Waals surface area contributed by atoms with E-state index in [-0.39, 0.29) is 6.42 Å². The summed E-state index contributed by atoms with van der Waals surface area (Å²) in [7, 11) is 0. The summed E-state index contributed by atoms with van der Waals surface area (Å²) in [6.07, 6.45) is -28.2. The Bertz CT molecular complexity index is 1220. The number of rotatable bonds is 10. The van der Waals surface area contributed by atoms with Gasteiger partial charge in [-0.25, -0.2) is 0 Å². The average Bonchev–Trinajstić information content (AvgIpc) is 3.05. The van der Waals surface area contributed by atoms with Crippen molar-refractivity contribution in [1.29, 1.82) is 0 Å². The zero-order chi connectivity index (χ0) is 36.1. The van der Waals surface area contributed by atoms with Crippen molar-refractivity contribution >= 4 is 0 Å². The smallest absolute Gasteiger partial charge is 0.297 e. The Kier molecular flexibility index (Phi) is 11.5. The van der Waals surface area contributed by atoms with E-state index in [0.717, 1.165) is 0 Å². The van der Waals surface area contributed by atoms with Gasteiger partial charge in [0.25, 0.3) is 5.09 Å². The van der Waals surface area contributed by atoms with Crippen LogP contribution in [0.15, 0.2) is 5.11 Å². The van der Waals surface area contributed by atoms with Gasteiger partial charge in [-0.1, -0.05) is 12.0 Å². The maximum Gasteiger partial charge on any atom is 0.297 e. The molecular formula is C26H42N4O19. The molecule has 0 aromatic carbocycles. The molecule has 49 heavy (non-hydrogen) atoms. The maximum absolute atomic E-state index is 11.2. The largest absolute Gasteiger partial charge is 0.394 e. The number of hydrogen-bond acceptors (Lipinski definition) is 20. The lowest BCUT2D eigenvalue weighted by Crippen LogP contribution is -2.82. The minimum atomic E-state index is -2.46. The number of nitrogens with zero attached hydrogens (tertiary/aromatic N) is 4. The second-order valence-corrected chi connectivity index (χ2v) is 12.9. The van der Waals surface area contributed by atoms with Gasteiger partial charge in [0.15, 0.2) is 6.29 Å². The molecule has 1 saturated carbocycles. The number of ether oxygens (including phenoxy) is 6. The van der Waals surface area contributed by atoms with E-state index < -0.39 is 146 Å². The SMILES string of the molecule is CC1O[C@H](C2(O[C@@H]3OC(CO)[C@H](O)[C@H](O)[C@H]3O[C@@H]3CC(O)[C@H](O)[C@@H](O)C3C)O[C@@H]3C(N=[N+]=[N-])C(O[N+](=O)[O-])OC(CO)[C@@H]32)[C@@H](O)C(O)[C@@H]1O. The van der Waals surface area contributed by atoms with Gasteiger partial charge in [0, 0.05) is 17.3 Å². The van der Waals surface area contributed by atoms with E-state index in [0.29, 0.717) is 0 Å². The minimum Gasteiger partial charge on any atom is -0.394 e. The molecule has 0 aromatic heterocycles. The lowest BCUT2D eigenvalue weighted by molar-refractivity contribution is -0.785. The maximum atomic E-state index is 11.2. The van der Waals surface area contributed by atoms with Gasteiger partial charge in [-0.2, -0.15) is 0 Å². The third kappa shape index (κ3) is 6.69. The Morgan fingerprint density at radius 1 is 0.878 bits per heavy atom. The molecular weight excluding hydrogens is 672 g/mol. The second kappa shape index (κ2) is 14.8. The highest BCUT2D eigenvalue weighted by atomic mass is 17.0. The quantitative estimate of drug-likeness (QED) is 0.0331. The lowest BCUT2D eigenvalue weighted by atomic mass is 9.71. The molecule has 1 aliphatic carbocycles. The molecule has 0 aromatic rings. The van der Waals surface area contributed by atoms with E-state index in [2.05, 4.69) is 14.9 Å². The summed E-state index contributed by atoms with van der Waals surface area (Å²) >= 11 is 0. The highest BCUT2D eigenvalue weighted by Gasteiger charge is 2.73. The molecule has 9 unspecified atom stereocenters. The van der Waals surface area contributed by atoms with E-state index in [4.69, 9.17) is 28.4 Å². The first-order chi connectivity index (χ1) is 23.1. The fourth-order valence-corrected chi connectivity index (χ4v) is 7.30. The molecule has 23 heteroatoms. The van der Waals surface area contributed by atoms with Gasteiger partial charge in [-0.3, -0.25) is 4.84 Å². The Morgan fingerprint density at radius 2 is 1.53 bits per heavy atom. The molecule has 21 atom stereocenters. The minimum absolute atomic E-state index is 0.265. The van der Waals surface area contributed by atoms with E-state index in [1.807, 2.05) is 0 Å². The number of fused-ring (bicyclic) bond motifs is 1. The molecule has 0 spiro atoms. The molecule has 4 heterocycles. The van der Waals surface area contributed by atoms with E-state index in [1.165, 1.54) is 13.8 Å². The highest BCUT2D eigenvalue weighted by Crippen LogP contribution is 2.55. The number of azide groups is 1. The first-order valence-electron chi connectivity index (χ1n) is 15.6. The molecule has 0 bridgehead atoms. The summed E-state index contributed by atoms with van der Waals surface area (Å²) in [6.45, 7) is 1.03. The van der Waals surface area contributed by atoms with E-state index in [9.17, 15) is 66.7 Å². The fraction of sp³-hybridized carbons (Fsp3) is 1.00. The van der Waals surface area contributed by atoms with Gasteiger partial charge in [0.2, 0.25) is 12.1 Å². The van der Waals surface area contributed by atoms with Crippen molar-refractivity contribution in [3.63, 3.8) is 0 Å². The van der Waals surface area contributed by atoms with Gasteiger partial charge in [-0.05, 0) is 12.5 Å². The molecule has 5 aliphatic rings. The van der Waals surface area contributed by atoms with Gasteiger partial charge in [0.05, 0.1) is 55.8 Å². The van der Waals surface area contributed by atoms with Crippen molar-refractivity contribution in [2.24, 2.45) is 17.0 Å². The van der Waals surface area contributed by atoms with E-state index >= 15 is 0 Å². The second-order valence-electron chi connectivity index (χ2n) is 12.9. The zero-order valence-corrected chi connectivity index (χ0v) is 26.1. The predicted molar refractivity (Wildman–Crippen MR) is 150 cm³/mol. The summed E-state index contributed by atoms with van der Waals surface area (Å²) in [5.41, 5.74) is 9.23. The first-order valence-corrected chi connectivity index (χ1v) is 15.6. The van der Waals surface area contributed by atoms with Crippen LogP contribution in [0.2, 0.25) is 0 Å². The van der Waals surface area contributed by atoms with Crippen LogP contribution in [0.1, 0.15) is 20.3 Å². The topological polar surface area (TPSA) is 359 Å². The third-order valence-corrected chi connectivity index (χ3v) is 10.1. The molecule has 0 radical (unpaired) electrons. The van der Waals surface area contributed by atoms with Crippen molar-refractivity contribution in [3.8, 4) is 0 Å². The van der Waals surface area contributed by atoms with Crippen LogP contribution < -0.4 is 0 Å².